The first-order chi connectivity index (χ1) is 11.0. The van der Waals surface area contributed by atoms with Crippen LogP contribution in [0, 0.1) is 5.92 Å². The van der Waals surface area contributed by atoms with Crippen molar-refractivity contribution in [3.05, 3.63) is 95.6 Å². The van der Waals surface area contributed by atoms with Gasteiger partial charge in [-0.1, -0.05) is 0 Å². The molecule has 26 heavy (non-hydrogen) atoms. The molecule has 1 unspecified atom stereocenters. The minimum absolute atomic E-state index is 0. The summed E-state index contributed by atoms with van der Waals surface area (Å²) < 4.78 is -0.0324. The molecule has 3 rings (SSSR count). The van der Waals surface area contributed by atoms with Crippen LogP contribution in [-0.4, -0.2) is 0 Å². The summed E-state index contributed by atoms with van der Waals surface area (Å²) in [4.78, 5) is 0. The van der Waals surface area contributed by atoms with Crippen molar-refractivity contribution in [2.45, 2.75) is 29.9 Å². The Morgan fingerprint density at radius 3 is 1.58 bits per heavy atom. The molecule has 0 radical (unpaired) electrons. The molecule has 2 aromatic rings. The molecule has 0 aromatic heterocycles. The van der Waals surface area contributed by atoms with E-state index in [1.165, 1.54) is 16.7 Å². The molecule has 0 spiro atoms. The van der Waals surface area contributed by atoms with Gasteiger partial charge in [-0.05, 0) is 0 Å². The molecule has 1 aliphatic rings. The Bertz CT molecular complexity index is 699. The maximum Gasteiger partial charge on any atom is -1.00 e. The molecule has 0 fully saturated rings. The summed E-state index contributed by atoms with van der Waals surface area (Å²) in [6, 6.07) is 21.8. The molecule has 0 amide bonds. The molecular formula is C22H23Cl3Ti. The first-order valence-corrected chi connectivity index (χ1v) is 9.03. The number of hydrogen-bond donors (Lipinski definition) is 0. The zero-order chi connectivity index (χ0) is 16.5. The van der Waals surface area contributed by atoms with E-state index in [0.717, 1.165) is 0 Å². The van der Waals surface area contributed by atoms with E-state index in [0.29, 0.717) is 5.92 Å². The van der Waals surface area contributed by atoms with Crippen LogP contribution in [0.2, 0.25) is 3.72 Å². The summed E-state index contributed by atoms with van der Waals surface area (Å²) in [6.45, 7) is 6.91. The van der Waals surface area contributed by atoms with Crippen molar-refractivity contribution in [3.63, 3.8) is 0 Å². The van der Waals surface area contributed by atoms with Crippen molar-refractivity contribution < 1.29 is 57.7 Å². The van der Waals surface area contributed by atoms with E-state index >= 15 is 0 Å². The van der Waals surface area contributed by atoms with Gasteiger partial charge < -0.3 is 37.2 Å². The second kappa shape index (κ2) is 10.2. The molecule has 136 valence electrons. The van der Waals surface area contributed by atoms with Crippen LogP contribution in [0.15, 0.2) is 84.5 Å². The van der Waals surface area contributed by atoms with Crippen molar-refractivity contribution in [1.82, 2.24) is 0 Å². The minimum Gasteiger partial charge on any atom is -1.00 e. The maximum atomic E-state index is 2.47. The zero-order valence-corrected chi connectivity index (χ0v) is 19.0. The van der Waals surface area contributed by atoms with Crippen LogP contribution in [0.5, 0.6) is 0 Å². The summed E-state index contributed by atoms with van der Waals surface area (Å²) in [6.07, 6.45) is 7.18. The fraction of sp³-hybridized carbons (Fsp3) is 0.273. The third kappa shape index (κ3) is 4.49. The summed E-state index contributed by atoms with van der Waals surface area (Å²) in [7, 11) is 0. The smallest absolute Gasteiger partial charge is 1.00 e. The van der Waals surface area contributed by atoms with E-state index < -0.39 is 0 Å². The van der Waals surface area contributed by atoms with E-state index in [2.05, 4.69) is 120 Å². The van der Waals surface area contributed by atoms with Gasteiger partial charge in [0.1, 0.15) is 0 Å². The molecule has 0 saturated carbocycles. The van der Waals surface area contributed by atoms with E-state index in [-0.39, 0.29) is 46.4 Å². The minimum atomic E-state index is -0.0946. The van der Waals surface area contributed by atoms with E-state index in [1.807, 2.05) is 0 Å². The molecule has 0 nitrogen and oxygen atoms in total. The number of benzene rings is 2. The third-order valence-corrected chi connectivity index (χ3v) is 6.40. The Morgan fingerprint density at radius 2 is 1.23 bits per heavy atom. The standard InChI is InChI=1S/C22H23.3ClH.Ti/c1-17(2)18-14-15-21(16-18)22(3,19-10-6-4-7-11-19)20-12-8-5-9-13-20;;;;/h4-17H,1-3H3;3*1H;/q;;;;+3/p-3. The normalized spacial score (nSPS) is 18.5. The number of hydrogen-bond acceptors (Lipinski definition) is 0. The van der Waals surface area contributed by atoms with Gasteiger partial charge in [0, 0.05) is 0 Å². The van der Waals surface area contributed by atoms with Gasteiger partial charge in [-0.2, -0.15) is 0 Å². The van der Waals surface area contributed by atoms with Crippen LogP contribution in [0.4, 0.5) is 0 Å². The molecule has 1 atom stereocenters. The zero-order valence-electron chi connectivity index (χ0n) is 15.2. The van der Waals surface area contributed by atoms with Crippen molar-refractivity contribution in [1.29, 1.82) is 0 Å². The van der Waals surface area contributed by atoms with Crippen molar-refractivity contribution in [3.8, 4) is 0 Å². The Kier molecular flexibility index (Phi) is 9.97. The SMILES string of the molecule is CC(C)C1=C[C]([Ti+3])(C(C)(c2ccccc2)c2ccccc2)C=C1.[Cl-].[Cl-].[Cl-]. The Hall–Kier alpha value is -0.496. The van der Waals surface area contributed by atoms with Gasteiger partial charge in [-0.3, -0.25) is 0 Å². The van der Waals surface area contributed by atoms with Crippen LogP contribution in [0.1, 0.15) is 31.9 Å². The number of halogens is 3. The molecule has 2 aromatic carbocycles. The first kappa shape index (κ1) is 25.5. The van der Waals surface area contributed by atoms with Crippen LogP contribution < -0.4 is 37.2 Å². The number of rotatable bonds is 4. The predicted octanol–water partition coefficient (Wildman–Crippen LogP) is -3.14. The van der Waals surface area contributed by atoms with Crippen molar-refractivity contribution in [2.75, 3.05) is 0 Å². The molecule has 0 N–H and O–H groups in total. The van der Waals surface area contributed by atoms with Gasteiger partial charge in [0.15, 0.2) is 0 Å². The average Bonchev–Trinajstić information content (AvgIpc) is 3.00. The summed E-state index contributed by atoms with van der Waals surface area (Å²) in [5, 5.41) is 0. The van der Waals surface area contributed by atoms with Crippen molar-refractivity contribution in [2.24, 2.45) is 5.92 Å². The van der Waals surface area contributed by atoms with Gasteiger partial charge in [0.05, 0.1) is 0 Å². The second-order valence-electron chi connectivity index (χ2n) is 6.86. The molecule has 0 bridgehead atoms. The molecule has 1 aliphatic carbocycles. The van der Waals surface area contributed by atoms with E-state index in [4.69, 9.17) is 0 Å². The van der Waals surface area contributed by atoms with Crippen LogP contribution in [0.3, 0.4) is 0 Å². The van der Waals surface area contributed by atoms with Gasteiger partial charge >= 0.3 is 152 Å². The Balaban J connectivity index is 0.00000208. The quantitative estimate of drug-likeness (QED) is 0.440. The topological polar surface area (TPSA) is 0 Å². The average molecular weight is 442 g/mol. The Labute approximate surface area is 188 Å². The van der Waals surface area contributed by atoms with Gasteiger partial charge in [-0.25, -0.2) is 0 Å². The summed E-state index contributed by atoms with van der Waals surface area (Å²) in [5.41, 5.74) is 4.06. The van der Waals surface area contributed by atoms with Gasteiger partial charge in [-0.15, -0.1) is 0 Å². The monoisotopic (exact) mass is 440 g/mol. The largest absolute Gasteiger partial charge is 1.00 e. The fourth-order valence-electron chi connectivity index (χ4n) is 3.44. The maximum absolute atomic E-state index is 2.47. The third-order valence-electron chi connectivity index (χ3n) is 5.13. The fourth-order valence-corrected chi connectivity index (χ4v) is 4.29. The molecule has 0 saturated heterocycles. The van der Waals surface area contributed by atoms with Crippen LogP contribution >= 0.6 is 0 Å². The van der Waals surface area contributed by atoms with Crippen molar-refractivity contribution >= 4 is 0 Å². The molecular weight excluding hydrogens is 418 g/mol. The molecule has 0 heterocycles. The number of allylic oxidation sites excluding steroid dienone is 4. The predicted molar refractivity (Wildman–Crippen MR) is 94.1 cm³/mol. The molecule has 0 aliphatic heterocycles. The first-order valence-electron chi connectivity index (χ1n) is 8.25. The van der Waals surface area contributed by atoms with Crippen LogP contribution in [0.25, 0.3) is 0 Å². The van der Waals surface area contributed by atoms with Crippen LogP contribution in [-0.2, 0) is 25.9 Å². The second-order valence-corrected chi connectivity index (χ2v) is 8.15. The van der Waals surface area contributed by atoms with Gasteiger partial charge in [0.2, 0.25) is 0 Å². The van der Waals surface area contributed by atoms with E-state index in [1.54, 1.807) is 0 Å². The molecule has 4 heteroatoms. The summed E-state index contributed by atoms with van der Waals surface area (Å²) in [5.74, 6) is 0.559. The van der Waals surface area contributed by atoms with Gasteiger partial charge in [0.25, 0.3) is 0 Å². The Morgan fingerprint density at radius 1 is 0.808 bits per heavy atom. The summed E-state index contributed by atoms with van der Waals surface area (Å²) >= 11 is 2.36. The van der Waals surface area contributed by atoms with E-state index in [9.17, 15) is 0 Å².